The highest BCUT2D eigenvalue weighted by molar-refractivity contribution is 6.30. The van der Waals surface area contributed by atoms with E-state index in [1.54, 1.807) is 6.07 Å². The van der Waals surface area contributed by atoms with Gasteiger partial charge in [-0.1, -0.05) is 17.7 Å². The molecular weight excluding hydrogens is 418 g/mol. The number of methoxy groups -OCH3 is 1. The first kappa shape index (κ1) is 20.4. The van der Waals surface area contributed by atoms with Gasteiger partial charge in [-0.2, -0.15) is 0 Å². The quantitative estimate of drug-likeness (QED) is 0.698. The molecule has 2 N–H and O–H groups in total. The van der Waals surface area contributed by atoms with Gasteiger partial charge in [0.2, 0.25) is 0 Å². The van der Waals surface area contributed by atoms with Gasteiger partial charge < -0.3 is 20.1 Å². The van der Waals surface area contributed by atoms with Gasteiger partial charge in [0.15, 0.2) is 18.2 Å². The third-order valence-electron chi connectivity index (χ3n) is 5.50. The number of carbonyl (C=O) groups is 2. The molecule has 2 aromatic rings. The minimum absolute atomic E-state index is 0.00421. The molecule has 6 nitrogen and oxygen atoms in total. The van der Waals surface area contributed by atoms with Gasteiger partial charge in [0, 0.05) is 17.1 Å². The summed E-state index contributed by atoms with van der Waals surface area (Å²) < 4.78 is 37.9. The van der Waals surface area contributed by atoms with Crippen LogP contribution < -0.4 is 20.1 Å². The molecule has 3 aliphatic carbocycles. The Morgan fingerprint density at radius 1 is 1.10 bits per heavy atom. The number of halogens is 3. The number of hydrogen-bond acceptors (Lipinski definition) is 4. The molecule has 9 heteroatoms. The molecule has 0 aliphatic heterocycles. The molecule has 0 heterocycles. The van der Waals surface area contributed by atoms with Crippen LogP contribution in [-0.4, -0.2) is 36.6 Å². The fourth-order valence-electron chi connectivity index (χ4n) is 4.25. The molecule has 2 amide bonds. The lowest BCUT2D eigenvalue weighted by Crippen LogP contribution is -2.84. The van der Waals surface area contributed by atoms with Gasteiger partial charge in [0.05, 0.1) is 17.7 Å². The van der Waals surface area contributed by atoms with E-state index < -0.39 is 28.6 Å². The minimum Gasteiger partial charge on any atom is -0.494 e. The van der Waals surface area contributed by atoms with E-state index in [2.05, 4.69) is 10.6 Å². The van der Waals surface area contributed by atoms with Crippen molar-refractivity contribution in [3.63, 3.8) is 0 Å². The van der Waals surface area contributed by atoms with Crippen molar-refractivity contribution in [3.8, 4) is 11.5 Å². The molecule has 158 valence electrons. The standard InChI is InChI=1S/C21H19ClF2N2O4/c1-29-16-4-2-3-13(18(16)24)19(28)26-21-9-20(10-21,11-21)25-17(27)8-30-12-5-6-14(22)15(23)7-12/h2-7H,8-11H2,1H3,(H,25,27)(H,26,28). The Morgan fingerprint density at radius 2 is 1.80 bits per heavy atom. The molecule has 3 saturated carbocycles. The molecule has 0 aromatic heterocycles. The first-order valence-corrected chi connectivity index (χ1v) is 9.67. The molecule has 0 saturated heterocycles. The van der Waals surface area contributed by atoms with Crippen LogP contribution in [-0.2, 0) is 4.79 Å². The van der Waals surface area contributed by atoms with Crippen molar-refractivity contribution in [2.24, 2.45) is 0 Å². The number of rotatable bonds is 7. The lowest BCUT2D eigenvalue weighted by molar-refractivity contribution is -0.141. The number of carbonyl (C=O) groups excluding carboxylic acids is 2. The fourth-order valence-corrected chi connectivity index (χ4v) is 4.37. The van der Waals surface area contributed by atoms with E-state index in [1.807, 2.05) is 0 Å². The summed E-state index contributed by atoms with van der Waals surface area (Å²) in [5, 5.41) is 5.73. The zero-order valence-electron chi connectivity index (χ0n) is 16.1. The first-order chi connectivity index (χ1) is 14.2. The van der Waals surface area contributed by atoms with Gasteiger partial charge in [-0.25, -0.2) is 8.78 Å². The molecule has 3 fully saturated rings. The lowest BCUT2D eigenvalue weighted by Gasteiger charge is -2.70. The van der Waals surface area contributed by atoms with Crippen molar-refractivity contribution >= 4 is 23.4 Å². The Bertz CT molecular complexity index is 1010. The highest BCUT2D eigenvalue weighted by atomic mass is 35.5. The third-order valence-corrected chi connectivity index (χ3v) is 5.81. The lowest BCUT2D eigenvalue weighted by atomic mass is 9.44. The Kier molecular flexibility index (Phi) is 5.05. The van der Waals surface area contributed by atoms with Crippen LogP contribution in [0, 0.1) is 11.6 Å². The van der Waals surface area contributed by atoms with Crippen molar-refractivity contribution in [2.75, 3.05) is 13.7 Å². The number of nitrogens with one attached hydrogen (secondary N) is 2. The van der Waals surface area contributed by atoms with Gasteiger partial charge in [-0.3, -0.25) is 9.59 Å². The summed E-state index contributed by atoms with van der Waals surface area (Å²) in [4.78, 5) is 24.6. The van der Waals surface area contributed by atoms with Crippen LogP contribution in [0.1, 0.15) is 29.6 Å². The molecule has 0 atom stereocenters. The topological polar surface area (TPSA) is 76.7 Å². The van der Waals surface area contributed by atoms with E-state index in [-0.39, 0.29) is 34.6 Å². The van der Waals surface area contributed by atoms with Crippen LogP contribution in [0.15, 0.2) is 36.4 Å². The van der Waals surface area contributed by atoms with E-state index in [4.69, 9.17) is 21.1 Å². The third kappa shape index (κ3) is 3.67. The van der Waals surface area contributed by atoms with E-state index in [9.17, 15) is 18.4 Å². The van der Waals surface area contributed by atoms with Crippen LogP contribution in [0.2, 0.25) is 5.02 Å². The van der Waals surface area contributed by atoms with E-state index >= 15 is 0 Å². The van der Waals surface area contributed by atoms with Crippen molar-refractivity contribution in [2.45, 2.75) is 30.3 Å². The van der Waals surface area contributed by atoms with Crippen LogP contribution >= 0.6 is 11.6 Å². The Morgan fingerprint density at radius 3 is 2.47 bits per heavy atom. The maximum absolute atomic E-state index is 14.3. The second-order valence-electron chi connectivity index (χ2n) is 7.78. The summed E-state index contributed by atoms with van der Waals surface area (Å²) in [5.74, 6) is -1.98. The molecular formula is C21H19ClF2N2O4. The summed E-state index contributed by atoms with van der Waals surface area (Å²) in [7, 11) is 1.33. The van der Waals surface area contributed by atoms with Gasteiger partial charge >= 0.3 is 0 Å². The van der Waals surface area contributed by atoms with Crippen molar-refractivity contribution in [1.82, 2.24) is 10.6 Å². The van der Waals surface area contributed by atoms with Crippen LogP contribution in [0.5, 0.6) is 11.5 Å². The normalized spacial score (nSPS) is 23.6. The SMILES string of the molecule is COc1cccc(C(=O)NC23CC(NC(=O)COc4ccc(Cl)c(F)c4)(C2)C3)c1F. The van der Waals surface area contributed by atoms with Gasteiger partial charge in [0.25, 0.3) is 11.8 Å². The minimum atomic E-state index is -0.706. The molecule has 3 aliphatic rings. The Hall–Kier alpha value is -2.87. The zero-order chi connectivity index (χ0) is 21.5. The van der Waals surface area contributed by atoms with E-state index in [0.29, 0.717) is 19.3 Å². The summed E-state index contributed by atoms with van der Waals surface area (Å²) in [6.07, 6.45) is 1.66. The van der Waals surface area contributed by atoms with Crippen LogP contribution in [0.25, 0.3) is 0 Å². The maximum atomic E-state index is 14.3. The number of amides is 2. The van der Waals surface area contributed by atoms with Crippen LogP contribution in [0.3, 0.4) is 0 Å². The maximum Gasteiger partial charge on any atom is 0.258 e. The summed E-state index contributed by atoms with van der Waals surface area (Å²) in [6, 6.07) is 8.32. The highest BCUT2D eigenvalue weighted by Crippen LogP contribution is 2.60. The molecule has 0 radical (unpaired) electrons. The molecule has 5 rings (SSSR count). The van der Waals surface area contributed by atoms with Gasteiger partial charge in [-0.05, 0) is 43.5 Å². The van der Waals surface area contributed by atoms with Crippen LogP contribution in [0.4, 0.5) is 8.78 Å². The largest absolute Gasteiger partial charge is 0.494 e. The monoisotopic (exact) mass is 436 g/mol. The van der Waals surface area contributed by atoms with Gasteiger partial charge in [-0.15, -0.1) is 0 Å². The summed E-state index contributed by atoms with van der Waals surface area (Å²) >= 11 is 5.61. The molecule has 0 spiro atoms. The number of hydrogen-bond donors (Lipinski definition) is 2. The highest BCUT2D eigenvalue weighted by Gasteiger charge is 2.69. The summed E-state index contributed by atoms with van der Waals surface area (Å²) in [5.41, 5.74) is -0.924. The summed E-state index contributed by atoms with van der Waals surface area (Å²) in [6.45, 7) is -0.267. The number of ether oxygens (including phenoxy) is 2. The first-order valence-electron chi connectivity index (χ1n) is 9.29. The molecule has 0 unspecified atom stereocenters. The van der Waals surface area contributed by atoms with Crippen molar-refractivity contribution in [3.05, 3.63) is 58.6 Å². The predicted molar refractivity (Wildman–Crippen MR) is 105 cm³/mol. The van der Waals surface area contributed by atoms with E-state index in [1.165, 1.54) is 31.4 Å². The predicted octanol–water partition coefficient (Wildman–Crippen LogP) is 3.23. The second kappa shape index (κ2) is 7.43. The fraction of sp³-hybridized carbons (Fsp3) is 0.333. The average Bonchev–Trinajstić information content (AvgIpc) is 2.66. The Labute approximate surface area is 176 Å². The average molecular weight is 437 g/mol. The molecule has 30 heavy (non-hydrogen) atoms. The molecule has 2 bridgehead atoms. The smallest absolute Gasteiger partial charge is 0.258 e. The second-order valence-corrected chi connectivity index (χ2v) is 8.19. The Balaban J connectivity index is 1.27. The van der Waals surface area contributed by atoms with Crippen molar-refractivity contribution < 1.29 is 27.8 Å². The zero-order valence-corrected chi connectivity index (χ0v) is 16.8. The molecule has 2 aromatic carbocycles. The van der Waals surface area contributed by atoms with Gasteiger partial charge in [0.1, 0.15) is 11.6 Å². The number of benzene rings is 2. The van der Waals surface area contributed by atoms with E-state index in [0.717, 1.165) is 6.07 Å². The van der Waals surface area contributed by atoms with Crippen molar-refractivity contribution in [1.29, 1.82) is 0 Å².